The number of rotatable bonds is 6. The van der Waals surface area contributed by atoms with Gasteiger partial charge in [-0.15, -0.1) is 11.3 Å². The lowest BCUT2D eigenvalue weighted by Crippen LogP contribution is -2.13. The Morgan fingerprint density at radius 1 is 1.21 bits per heavy atom. The summed E-state index contributed by atoms with van der Waals surface area (Å²) in [5.41, 5.74) is 6.18. The van der Waals surface area contributed by atoms with Crippen LogP contribution in [0, 0.1) is 0 Å². The molecule has 0 spiro atoms. The van der Waals surface area contributed by atoms with Crippen molar-refractivity contribution < 1.29 is 9.90 Å². The van der Waals surface area contributed by atoms with E-state index in [-0.39, 0.29) is 18.1 Å². The second-order valence-corrected chi connectivity index (χ2v) is 7.81. The number of aromatic hydroxyl groups is 1. The number of hydrogen-bond acceptors (Lipinski definition) is 6. The highest BCUT2D eigenvalue weighted by Gasteiger charge is 2.14. The number of benzene rings is 2. The third kappa shape index (κ3) is 3.72. The summed E-state index contributed by atoms with van der Waals surface area (Å²) < 4.78 is 1.12. The molecule has 0 fully saturated rings. The Morgan fingerprint density at radius 3 is 2.82 bits per heavy atom. The molecule has 2 aromatic heterocycles. The van der Waals surface area contributed by atoms with E-state index in [0.717, 1.165) is 25.9 Å². The van der Waals surface area contributed by atoms with Gasteiger partial charge in [-0.3, -0.25) is 4.79 Å². The zero-order chi connectivity index (χ0) is 19.7. The van der Waals surface area contributed by atoms with Gasteiger partial charge in [-0.05, 0) is 23.8 Å². The maximum Gasteiger partial charge on any atom is 0.217 e. The third-order valence-corrected chi connectivity index (χ3v) is 5.72. The molecule has 0 aliphatic rings. The maximum absolute atomic E-state index is 11.2. The van der Waals surface area contributed by atoms with Gasteiger partial charge in [0.1, 0.15) is 22.2 Å². The number of halogens is 1. The Labute approximate surface area is 170 Å². The summed E-state index contributed by atoms with van der Waals surface area (Å²) in [5, 5.41) is 15.3. The molecule has 4 rings (SSSR count). The van der Waals surface area contributed by atoms with Crippen molar-refractivity contribution in [3.63, 3.8) is 0 Å². The largest absolute Gasteiger partial charge is 0.506 e. The van der Waals surface area contributed by atoms with E-state index in [2.05, 4.69) is 15.3 Å². The van der Waals surface area contributed by atoms with E-state index in [4.69, 9.17) is 17.3 Å². The van der Waals surface area contributed by atoms with E-state index < -0.39 is 0 Å². The predicted molar refractivity (Wildman–Crippen MR) is 113 cm³/mol. The minimum atomic E-state index is -0.381. The first kappa shape index (κ1) is 18.5. The van der Waals surface area contributed by atoms with Crippen LogP contribution >= 0.6 is 22.9 Å². The van der Waals surface area contributed by atoms with E-state index in [1.54, 1.807) is 29.5 Å². The molecular formula is C20H17ClN4O2S. The number of nitrogens with two attached hydrogens (primary N) is 1. The number of phenols is 1. The van der Waals surface area contributed by atoms with Gasteiger partial charge >= 0.3 is 0 Å². The fraction of sp³-hybridized carbons (Fsp3) is 0.150. The molecule has 0 bridgehead atoms. The van der Waals surface area contributed by atoms with Gasteiger partial charge in [0.25, 0.3) is 0 Å². The van der Waals surface area contributed by atoms with Crippen molar-refractivity contribution in [2.75, 3.05) is 5.32 Å². The number of nitrogens with zero attached hydrogens (tertiary/aromatic N) is 2. The van der Waals surface area contributed by atoms with Crippen molar-refractivity contribution in [3.05, 3.63) is 58.9 Å². The highest BCUT2D eigenvalue weighted by Crippen LogP contribution is 2.36. The summed E-state index contributed by atoms with van der Waals surface area (Å²) in [6, 6.07) is 13.1. The summed E-state index contributed by atoms with van der Waals surface area (Å²) in [5.74, 6) is 0.941. The number of aryl methyl sites for hydroxylation is 1. The van der Waals surface area contributed by atoms with Crippen molar-refractivity contribution >= 4 is 55.0 Å². The number of thiophene rings is 1. The second-order valence-electron chi connectivity index (χ2n) is 6.37. The van der Waals surface area contributed by atoms with Gasteiger partial charge in [-0.2, -0.15) is 0 Å². The Balaban J connectivity index is 1.74. The average molecular weight is 413 g/mol. The summed E-state index contributed by atoms with van der Waals surface area (Å²) in [6.45, 7) is 0.478. The number of phenolic OH excluding ortho intramolecular Hbond substituents is 1. The van der Waals surface area contributed by atoms with Gasteiger partial charge in [0.15, 0.2) is 0 Å². The second kappa shape index (κ2) is 7.61. The molecule has 142 valence electrons. The van der Waals surface area contributed by atoms with Crippen LogP contribution in [0.4, 0.5) is 5.82 Å². The van der Waals surface area contributed by atoms with E-state index in [1.165, 1.54) is 0 Å². The van der Waals surface area contributed by atoms with Crippen LogP contribution in [0.5, 0.6) is 5.75 Å². The molecule has 4 N–H and O–H groups in total. The molecule has 0 radical (unpaired) electrons. The Morgan fingerprint density at radius 2 is 2.04 bits per heavy atom. The molecule has 0 aliphatic carbocycles. The fourth-order valence-electron chi connectivity index (χ4n) is 2.99. The van der Waals surface area contributed by atoms with E-state index in [1.807, 2.05) is 24.3 Å². The smallest absolute Gasteiger partial charge is 0.217 e. The molecule has 0 atom stereocenters. The predicted octanol–water partition coefficient (Wildman–Crippen LogP) is 4.23. The monoisotopic (exact) mass is 412 g/mol. The summed E-state index contributed by atoms with van der Waals surface area (Å²) in [6.07, 6.45) is 0.586. The molecular weight excluding hydrogens is 396 g/mol. The van der Waals surface area contributed by atoms with Gasteiger partial charge in [-0.25, -0.2) is 9.97 Å². The fourth-order valence-corrected chi connectivity index (χ4v) is 4.29. The lowest BCUT2D eigenvalue weighted by molar-refractivity contribution is -0.118. The van der Waals surface area contributed by atoms with Gasteiger partial charge in [0.2, 0.25) is 5.91 Å². The number of aromatic nitrogens is 2. The number of fused-ring (bicyclic) bond motifs is 3. The Kier molecular flexibility index (Phi) is 5.02. The topological polar surface area (TPSA) is 101 Å². The summed E-state index contributed by atoms with van der Waals surface area (Å²) in [4.78, 5) is 21.3. The highest BCUT2D eigenvalue weighted by molar-refractivity contribution is 7.25. The number of anilines is 1. The van der Waals surface area contributed by atoms with Crippen LogP contribution in [0.2, 0.25) is 5.02 Å². The van der Waals surface area contributed by atoms with Crippen LogP contribution in [0.1, 0.15) is 17.8 Å². The van der Waals surface area contributed by atoms with Crippen molar-refractivity contribution in [3.8, 4) is 5.75 Å². The van der Waals surface area contributed by atoms with Gasteiger partial charge in [0.05, 0.1) is 10.4 Å². The molecule has 0 unspecified atom stereocenters. The van der Waals surface area contributed by atoms with Crippen molar-refractivity contribution in [2.45, 2.75) is 19.4 Å². The lowest BCUT2D eigenvalue weighted by atomic mass is 10.2. The van der Waals surface area contributed by atoms with Gasteiger partial charge < -0.3 is 16.2 Å². The third-order valence-electron chi connectivity index (χ3n) is 4.35. The standard InChI is InChI=1S/C20H17ClN4O2S/c21-13-9-11(5-6-14(13)26)10-23-19-18-12-3-1-2-4-15(12)28-20(18)25-17(24-19)8-7-16(22)27/h1-6,9,26H,7-8,10H2,(H2,22,27)(H,23,24,25). The van der Waals surface area contributed by atoms with E-state index in [9.17, 15) is 9.90 Å². The number of carbonyl (C=O) groups excluding carboxylic acids is 1. The Hall–Kier alpha value is -2.90. The first-order valence-corrected chi connectivity index (χ1v) is 9.88. The van der Waals surface area contributed by atoms with Crippen LogP contribution in [-0.2, 0) is 17.8 Å². The van der Waals surface area contributed by atoms with Crippen molar-refractivity contribution in [2.24, 2.45) is 5.73 Å². The van der Waals surface area contributed by atoms with Crippen LogP contribution < -0.4 is 11.1 Å². The molecule has 8 heteroatoms. The van der Waals surface area contributed by atoms with E-state index in [0.29, 0.717) is 29.6 Å². The van der Waals surface area contributed by atoms with E-state index >= 15 is 0 Å². The molecule has 2 aromatic carbocycles. The van der Waals surface area contributed by atoms with Gasteiger partial charge in [0, 0.05) is 29.5 Å². The lowest BCUT2D eigenvalue weighted by Gasteiger charge is -2.10. The minimum Gasteiger partial charge on any atom is -0.506 e. The number of primary amides is 1. The molecule has 0 saturated carbocycles. The average Bonchev–Trinajstić information content (AvgIpc) is 3.05. The van der Waals surface area contributed by atoms with Gasteiger partial charge in [-0.1, -0.05) is 35.9 Å². The summed E-state index contributed by atoms with van der Waals surface area (Å²) >= 11 is 7.59. The SMILES string of the molecule is NC(=O)CCc1nc(NCc2ccc(O)c(Cl)c2)c2c(n1)sc1ccccc12. The summed E-state index contributed by atoms with van der Waals surface area (Å²) in [7, 11) is 0. The normalized spacial score (nSPS) is 11.2. The highest BCUT2D eigenvalue weighted by atomic mass is 35.5. The van der Waals surface area contributed by atoms with Crippen LogP contribution in [0.15, 0.2) is 42.5 Å². The van der Waals surface area contributed by atoms with Crippen LogP contribution in [0.3, 0.4) is 0 Å². The van der Waals surface area contributed by atoms with Crippen molar-refractivity contribution in [1.82, 2.24) is 9.97 Å². The Bertz CT molecular complexity index is 1190. The molecule has 4 aromatic rings. The molecule has 28 heavy (non-hydrogen) atoms. The minimum absolute atomic E-state index is 0.0485. The zero-order valence-electron chi connectivity index (χ0n) is 14.8. The van der Waals surface area contributed by atoms with Crippen molar-refractivity contribution in [1.29, 1.82) is 0 Å². The zero-order valence-corrected chi connectivity index (χ0v) is 16.3. The van der Waals surface area contributed by atoms with Crippen LogP contribution in [-0.4, -0.2) is 21.0 Å². The molecule has 0 saturated heterocycles. The quantitative estimate of drug-likeness (QED) is 0.439. The number of nitrogens with one attached hydrogen (secondary N) is 1. The number of carbonyl (C=O) groups is 1. The molecule has 1 amide bonds. The first-order chi connectivity index (χ1) is 13.5. The molecule has 2 heterocycles. The first-order valence-electron chi connectivity index (χ1n) is 8.69. The molecule has 0 aliphatic heterocycles. The van der Waals surface area contributed by atoms with Crippen LogP contribution in [0.25, 0.3) is 20.3 Å². The number of hydrogen-bond donors (Lipinski definition) is 3. The number of amides is 1. The molecule has 6 nitrogen and oxygen atoms in total. The maximum atomic E-state index is 11.2.